The summed E-state index contributed by atoms with van der Waals surface area (Å²) < 4.78 is 0. The van der Waals surface area contributed by atoms with E-state index in [0.29, 0.717) is 0 Å². The maximum absolute atomic E-state index is 11.8. The van der Waals surface area contributed by atoms with E-state index < -0.39 is 0 Å². The highest BCUT2D eigenvalue weighted by atomic mass is 16.2. The summed E-state index contributed by atoms with van der Waals surface area (Å²) in [6.07, 6.45) is 0.198. The molecule has 0 unspecified atom stereocenters. The lowest BCUT2D eigenvalue weighted by molar-refractivity contribution is -0.124. The molecule has 2 amide bonds. The summed E-state index contributed by atoms with van der Waals surface area (Å²) in [5, 5.41) is 6.81. The summed E-state index contributed by atoms with van der Waals surface area (Å²) in [5.41, 5.74) is 6.04. The third kappa shape index (κ3) is 5.68. The van der Waals surface area contributed by atoms with Gasteiger partial charge < -0.3 is 5.32 Å². The fraction of sp³-hybridized carbons (Fsp3) is 0.211. The highest BCUT2D eigenvalue weighted by molar-refractivity contribution is 5.99. The molecule has 5 nitrogen and oxygen atoms in total. The maximum Gasteiger partial charge on any atom is 0.240 e. The number of hydrogen-bond donors (Lipinski definition) is 2. The van der Waals surface area contributed by atoms with Gasteiger partial charge in [0, 0.05) is 18.5 Å². The number of carbonyl (C=O) groups is 2. The van der Waals surface area contributed by atoms with Crippen LogP contribution in [0.2, 0.25) is 0 Å². The van der Waals surface area contributed by atoms with Gasteiger partial charge in [-0.1, -0.05) is 48.0 Å². The summed E-state index contributed by atoms with van der Waals surface area (Å²) in [5.74, 6) is -0.486. The molecule has 2 N–H and O–H groups in total. The number of aryl methyl sites for hydroxylation is 1. The Bertz CT molecular complexity index is 722. The van der Waals surface area contributed by atoms with Crippen LogP contribution in [0.15, 0.2) is 59.7 Å². The molecule has 0 aliphatic rings. The summed E-state index contributed by atoms with van der Waals surface area (Å²) in [6, 6.07) is 17.0. The van der Waals surface area contributed by atoms with Crippen LogP contribution in [0.3, 0.4) is 0 Å². The second-order valence-electron chi connectivity index (χ2n) is 5.51. The standard InChI is InChI=1S/C19H21N3O2/c1-14-8-10-16(11-9-14)15(2)21-22-19(24)13-12-18(23)20-17-6-4-3-5-7-17/h3-11H,12-13H2,1-2H3,(H,20,23)(H,22,24)/b21-15+. The Kier molecular flexibility index (Phi) is 6.25. The van der Waals surface area contributed by atoms with Crippen molar-refractivity contribution in [2.75, 3.05) is 5.32 Å². The first kappa shape index (κ1) is 17.4. The van der Waals surface area contributed by atoms with Crippen molar-refractivity contribution in [3.05, 3.63) is 65.7 Å². The van der Waals surface area contributed by atoms with Gasteiger partial charge in [0.1, 0.15) is 0 Å². The first-order chi connectivity index (χ1) is 11.5. The van der Waals surface area contributed by atoms with E-state index in [-0.39, 0.29) is 24.7 Å². The Morgan fingerprint density at radius 2 is 1.54 bits per heavy atom. The number of hydrogen-bond acceptors (Lipinski definition) is 3. The van der Waals surface area contributed by atoms with Gasteiger partial charge in [0.15, 0.2) is 0 Å². The van der Waals surface area contributed by atoms with Crippen molar-refractivity contribution in [2.45, 2.75) is 26.7 Å². The minimum atomic E-state index is -0.287. The van der Waals surface area contributed by atoms with Crippen molar-refractivity contribution < 1.29 is 9.59 Å². The Morgan fingerprint density at radius 1 is 0.917 bits per heavy atom. The van der Waals surface area contributed by atoms with Crippen LogP contribution >= 0.6 is 0 Å². The fourth-order valence-electron chi connectivity index (χ4n) is 2.03. The molecule has 0 radical (unpaired) electrons. The summed E-state index contributed by atoms with van der Waals surface area (Å²) in [4.78, 5) is 23.6. The number of rotatable bonds is 6. The van der Waals surface area contributed by atoms with E-state index in [9.17, 15) is 9.59 Å². The zero-order valence-corrected chi connectivity index (χ0v) is 13.9. The number of nitrogens with one attached hydrogen (secondary N) is 2. The van der Waals surface area contributed by atoms with Crippen molar-refractivity contribution in [3.8, 4) is 0 Å². The predicted octanol–water partition coefficient (Wildman–Crippen LogP) is 3.25. The topological polar surface area (TPSA) is 70.6 Å². The average Bonchev–Trinajstić information content (AvgIpc) is 2.59. The van der Waals surface area contributed by atoms with Crippen molar-refractivity contribution in [3.63, 3.8) is 0 Å². The molecule has 0 spiro atoms. The Balaban J connectivity index is 1.77. The van der Waals surface area contributed by atoms with Crippen LogP contribution in [0.4, 0.5) is 5.69 Å². The summed E-state index contributed by atoms with van der Waals surface area (Å²) in [6.45, 7) is 3.84. The highest BCUT2D eigenvalue weighted by Gasteiger charge is 2.07. The van der Waals surface area contributed by atoms with Crippen LogP contribution < -0.4 is 10.7 Å². The van der Waals surface area contributed by atoms with Crippen molar-refractivity contribution in [2.24, 2.45) is 5.10 Å². The van der Waals surface area contributed by atoms with E-state index >= 15 is 0 Å². The third-order valence-electron chi connectivity index (χ3n) is 3.45. The lowest BCUT2D eigenvalue weighted by atomic mass is 10.1. The molecule has 24 heavy (non-hydrogen) atoms. The van der Waals surface area contributed by atoms with E-state index in [1.165, 1.54) is 5.56 Å². The zero-order chi connectivity index (χ0) is 17.4. The molecule has 0 aromatic heterocycles. The van der Waals surface area contributed by atoms with E-state index in [0.717, 1.165) is 17.0 Å². The van der Waals surface area contributed by atoms with Crippen molar-refractivity contribution in [1.82, 2.24) is 5.43 Å². The molecule has 0 atom stereocenters. The van der Waals surface area contributed by atoms with Crippen LogP contribution in [-0.2, 0) is 9.59 Å². The summed E-state index contributed by atoms with van der Waals surface area (Å²) >= 11 is 0. The number of anilines is 1. The number of amides is 2. The molecule has 2 aromatic rings. The maximum atomic E-state index is 11.8. The van der Waals surface area contributed by atoms with Crippen LogP contribution in [0.1, 0.15) is 30.9 Å². The van der Waals surface area contributed by atoms with E-state index in [1.54, 1.807) is 12.1 Å². The van der Waals surface area contributed by atoms with E-state index in [4.69, 9.17) is 0 Å². The molecule has 0 fully saturated rings. The van der Waals surface area contributed by atoms with E-state index in [1.807, 2.05) is 56.3 Å². The number of hydrazone groups is 1. The van der Waals surface area contributed by atoms with Crippen LogP contribution in [-0.4, -0.2) is 17.5 Å². The minimum Gasteiger partial charge on any atom is -0.326 e. The first-order valence-corrected chi connectivity index (χ1v) is 7.79. The summed E-state index contributed by atoms with van der Waals surface area (Å²) in [7, 11) is 0. The molecule has 0 heterocycles. The Morgan fingerprint density at radius 3 is 2.21 bits per heavy atom. The second-order valence-corrected chi connectivity index (χ2v) is 5.51. The average molecular weight is 323 g/mol. The van der Waals surface area contributed by atoms with Crippen LogP contribution in [0, 0.1) is 6.92 Å². The molecule has 0 aliphatic carbocycles. The number of carbonyl (C=O) groups excluding carboxylic acids is 2. The van der Waals surface area contributed by atoms with Crippen LogP contribution in [0.25, 0.3) is 0 Å². The smallest absolute Gasteiger partial charge is 0.240 e. The van der Waals surface area contributed by atoms with Crippen LogP contribution in [0.5, 0.6) is 0 Å². The van der Waals surface area contributed by atoms with Gasteiger partial charge >= 0.3 is 0 Å². The van der Waals surface area contributed by atoms with E-state index in [2.05, 4.69) is 15.8 Å². The van der Waals surface area contributed by atoms with Gasteiger partial charge in [-0.2, -0.15) is 5.10 Å². The van der Waals surface area contributed by atoms with Crippen molar-refractivity contribution in [1.29, 1.82) is 0 Å². The molecule has 0 bridgehead atoms. The molecule has 2 rings (SSSR count). The molecule has 0 saturated heterocycles. The molecular weight excluding hydrogens is 302 g/mol. The quantitative estimate of drug-likeness (QED) is 0.633. The Hall–Kier alpha value is -2.95. The molecular formula is C19H21N3O2. The first-order valence-electron chi connectivity index (χ1n) is 7.79. The normalized spacial score (nSPS) is 11.0. The molecule has 5 heteroatoms. The van der Waals surface area contributed by atoms with Gasteiger partial charge in [-0.3, -0.25) is 9.59 Å². The largest absolute Gasteiger partial charge is 0.326 e. The number of benzene rings is 2. The molecule has 0 aliphatic heterocycles. The number of para-hydroxylation sites is 1. The van der Waals surface area contributed by atoms with Gasteiger partial charge in [0.25, 0.3) is 0 Å². The SMILES string of the molecule is C/C(=N\NC(=O)CCC(=O)Nc1ccccc1)c1ccc(C)cc1. The van der Waals surface area contributed by atoms with Gasteiger partial charge in [-0.05, 0) is 31.5 Å². The lowest BCUT2D eigenvalue weighted by Gasteiger charge is -2.05. The third-order valence-corrected chi connectivity index (χ3v) is 3.45. The predicted molar refractivity (Wildman–Crippen MR) is 95.8 cm³/mol. The van der Waals surface area contributed by atoms with Gasteiger partial charge in [0.05, 0.1) is 5.71 Å². The zero-order valence-electron chi connectivity index (χ0n) is 13.9. The fourth-order valence-corrected chi connectivity index (χ4v) is 2.03. The second kappa shape index (κ2) is 8.62. The lowest BCUT2D eigenvalue weighted by Crippen LogP contribution is -2.21. The Labute approximate surface area is 141 Å². The van der Waals surface area contributed by atoms with Gasteiger partial charge in [-0.15, -0.1) is 0 Å². The highest BCUT2D eigenvalue weighted by Crippen LogP contribution is 2.06. The molecule has 124 valence electrons. The molecule has 0 saturated carbocycles. The van der Waals surface area contributed by atoms with Crippen molar-refractivity contribution >= 4 is 23.2 Å². The van der Waals surface area contributed by atoms with Gasteiger partial charge in [-0.25, -0.2) is 5.43 Å². The minimum absolute atomic E-state index is 0.0867. The molecule has 2 aromatic carbocycles. The number of nitrogens with zero attached hydrogens (tertiary/aromatic N) is 1. The van der Waals surface area contributed by atoms with Gasteiger partial charge in [0.2, 0.25) is 11.8 Å². The monoisotopic (exact) mass is 323 g/mol.